The second-order valence-corrected chi connectivity index (χ2v) is 6.28. The van der Waals surface area contributed by atoms with Crippen LogP contribution in [0.5, 0.6) is 11.5 Å². The van der Waals surface area contributed by atoms with Crippen LogP contribution in [0.25, 0.3) is 5.78 Å². The molecule has 148 valence electrons. The van der Waals surface area contributed by atoms with Crippen molar-refractivity contribution in [2.75, 3.05) is 20.8 Å². The Labute approximate surface area is 161 Å². The number of fused-ring (bicyclic) bond motifs is 1. The van der Waals surface area contributed by atoms with Crippen molar-refractivity contribution in [2.24, 2.45) is 0 Å². The number of methoxy groups -OCH3 is 2. The Kier molecular flexibility index (Phi) is 5.93. The van der Waals surface area contributed by atoms with E-state index in [4.69, 9.17) is 9.47 Å². The van der Waals surface area contributed by atoms with Crippen LogP contribution in [0, 0.1) is 6.92 Å². The maximum absolute atomic E-state index is 12.4. The molecule has 9 heteroatoms. The van der Waals surface area contributed by atoms with E-state index in [0.29, 0.717) is 42.2 Å². The van der Waals surface area contributed by atoms with Crippen molar-refractivity contribution < 1.29 is 14.3 Å². The monoisotopic (exact) mass is 385 g/mol. The Balaban J connectivity index is 1.55. The van der Waals surface area contributed by atoms with Gasteiger partial charge >= 0.3 is 0 Å². The molecule has 0 atom stereocenters. The molecule has 3 aromatic rings. The molecule has 0 aliphatic carbocycles. The standard InChI is InChI=1S/C19H23N5O4/c1-12-15(18(26)24-19(23-12)21-11-22-24)6-7-17(25)20-9-8-13-4-5-14(27-2)10-16(13)28-3/h4-5,10-11H,6-9H2,1-3H3,(H,20,25)(H,21,22,23). The van der Waals surface area contributed by atoms with Gasteiger partial charge in [0.25, 0.3) is 11.3 Å². The van der Waals surface area contributed by atoms with Crippen LogP contribution in [0.15, 0.2) is 29.3 Å². The molecule has 3 rings (SSSR count). The van der Waals surface area contributed by atoms with Gasteiger partial charge in [0.05, 0.1) is 19.9 Å². The normalized spacial score (nSPS) is 10.8. The fraction of sp³-hybridized carbons (Fsp3) is 0.368. The Morgan fingerprint density at radius 2 is 2.07 bits per heavy atom. The summed E-state index contributed by atoms with van der Waals surface area (Å²) < 4.78 is 11.8. The first kappa shape index (κ1) is 19.4. The summed E-state index contributed by atoms with van der Waals surface area (Å²) in [5, 5.41) is 5.60. The van der Waals surface area contributed by atoms with Crippen molar-refractivity contribution in [1.82, 2.24) is 24.9 Å². The van der Waals surface area contributed by atoms with Gasteiger partial charge in [-0.1, -0.05) is 6.07 Å². The Hall–Kier alpha value is -3.36. The van der Waals surface area contributed by atoms with E-state index in [2.05, 4.69) is 20.4 Å². The van der Waals surface area contributed by atoms with E-state index in [-0.39, 0.29) is 17.9 Å². The third-order valence-corrected chi connectivity index (χ3v) is 4.55. The van der Waals surface area contributed by atoms with Crippen molar-refractivity contribution in [3.05, 3.63) is 51.7 Å². The summed E-state index contributed by atoms with van der Waals surface area (Å²) in [5.74, 6) is 1.63. The zero-order valence-corrected chi connectivity index (χ0v) is 16.1. The van der Waals surface area contributed by atoms with E-state index in [9.17, 15) is 9.59 Å². The first-order chi connectivity index (χ1) is 13.5. The van der Waals surface area contributed by atoms with Gasteiger partial charge in [-0.2, -0.15) is 4.52 Å². The highest BCUT2D eigenvalue weighted by molar-refractivity contribution is 5.76. The van der Waals surface area contributed by atoms with Gasteiger partial charge in [0.1, 0.15) is 17.8 Å². The number of ether oxygens (including phenoxy) is 2. The second-order valence-electron chi connectivity index (χ2n) is 6.28. The lowest BCUT2D eigenvalue weighted by Gasteiger charge is -2.11. The fourth-order valence-electron chi connectivity index (χ4n) is 3.01. The number of aromatic nitrogens is 4. The van der Waals surface area contributed by atoms with Crippen LogP contribution in [0.1, 0.15) is 23.2 Å². The van der Waals surface area contributed by atoms with Crippen LogP contribution in [-0.4, -0.2) is 46.3 Å². The summed E-state index contributed by atoms with van der Waals surface area (Å²) in [5.41, 5.74) is 1.85. The highest BCUT2D eigenvalue weighted by Gasteiger charge is 2.13. The summed E-state index contributed by atoms with van der Waals surface area (Å²) in [6.45, 7) is 2.22. The predicted octanol–water partition coefficient (Wildman–Crippen LogP) is 1.03. The number of nitrogens with zero attached hydrogens (tertiary/aromatic N) is 3. The topological polar surface area (TPSA) is 111 Å². The summed E-state index contributed by atoms with van der Waals surface area (Å²) in [6.07, 6.45) is 2.56. The lowest BCUT2D eigenvalue weighted by Crippen LogP contribution is -2.28. The molecule has 0 radical (unpaired) electrons. The molecule has 28 heavy (non-hydrogen) atoms. The summed E-state index contributed by atoms with van der Waals surface area (Å²) in [4.78, 5) is 32.9. The second kappa shape index (κ2) is 8.55. The molecule has 0 unspecified atom stereocenters. The number of H-pyrrole nitrogens is 1. The van der Waals surface area contributed by atoms with Gasteiger partial charge < -0.3 is 14.8 Å². The lowest BCUT2D eigenvalue weighted by atomic mass is 10.1. The average molecular weight is 385 g/mol. The molecule has 0 saturated carbocycles. The van der Waals surface area contributed by atoms with Gasteiger partial charge in [-0.3, -0.25) is 14.7 Å². The molecule has 2 heterocycles. The number of carbonyl (C=O) groups is 1. The predicted molar refractivity (Wildman–Crippen MR) is 103 cm³/mol. The minimum Gasteiger partial charge on any atom is -0.497 e. The molecule has 0 saturated heterocycles. The molecular formula is C19H23N5O4. The van der Waals surface area contributed by atoms with Gasteiger partial charge in [0, 0.05) is 24.6 Å². The quantitative estimate of drug-likeness (QED) is 0.599. The van der Waals surface area contributed by atoms with Gasteiger partial charge in [-0.25, -0.2) is 9.97 Å². The lowest BCUT2D eigenvalue weighted by molar-refractivity contribution is -0.121. The SMILES string of the molecule is COc1ccc(CCNC(=O)CCc2c(C)nc3nc[nH]n3c2=O)c(OC)c1. The van der Waals surface area contributed by atoms with Gasteiger partial charge in [0.15, 0.2) is 0 Å². The number of rotatable bonds is 8. The van der Waals surface area contributed by atoms with Crippen molar-refractivity contribution in [3.8, 4) is 11.5 Å². The zero-order chi connectivity index (χ0) is 20.1. The first-order valence-corrected chi connectivity index (χ1v) is 8.92. The highest BCUT2D eigenvalue weighted by Crippen LogP contribution is 2.24. The summed E-state index contributed by atoms with van der Waals surface area (Å²) >= 11 is 0. The molecule has 1 aromatic carbocycles. The number of hydrogen-bond donors (Lipinski definition) is 2. The molecule has 2 N–H and O–H groups in total. The van der Waals surface area contributed by atoms with E-state index >= 15 is 0 Å². The van der Waals surface area contributed by atoms with Gasteiger partial charge in [-0.05, 0) is 31.4 Å². The smallest absolute Gasteiger partial charge is 0.277 e. The van der Waals surface area contributed by atoms with Crippen molar-refractivity contribution in [2.45, 2.75) is 26.2 Å². The van der Waals surface area contributed by atoms with Crippen LogP contribution < -0.4 is 20.3 Å². The van der Waals surface area contributed by atoms with Crippen LogP contribution in [-0.2, 0) is 17.6 Å². The van der Waals surface area contributed by atoms with Gasteiger partial charge in [0.2, 0.25) is 5.91 Å². The van der Waals surface area contributed by atoms with Crippen LogP contribution in [0.4, 0.5) is 0 Å². The number of aryl methyl sites for hydroxylation is 1. The third-order valence-electron chi connectivity index (χ3n) is 4.55. The van der Waals surface area contributed by atoms with Crippen molar-refractivity contribution in [3.63, 3.8) is 0 Å². The molecule has 0 fully saturated rings. The average Bonchev–Trinajstić information content (AvgIpc) is 3.16. The van der Waals surface area contributed by atoms with Crippen LogP contribution in [0.2, 0.25) is 0 Å². The molecular weight excluding hydrogens is 362 g/mol. The minimum atomic E-state index is -0.226. The summed E-state index contributed by atoms with van der Waals surface area (Å²) in [7, 11) is 3.20. The summed E-state index contributed by atoms with van der Waals surface area (Å²) in [6, 6.07) is 5.58. The van der Waals surface area contributed by atoms with E-state index in [1.54, 1.807) is 21.1 Å². The van der Waals surface area contributed by atoms with Crippen LogP contribution >= 0.6 is 0 Å². The van der Waals surface area contributed by atoms with E-state index in [0.717, 1.165) is 11.3 Å². The van der Waals surface area contributed by atoms with Crippen molar-refractivity contribution >= 4 is 11.7 Å². The van der Waals surface area contributed by atoms with Crippen LogP contribution in [0.3, 0.4) is 0 Å². The minimum absolute atomic E-state index is 0.124. The molecule has 2 aromatic heterocycles. The molecule has 0 aliphatic heterocycles. The highest BCUT2D eigenvalue weighted by atomic mass is 16.5. The fourth-order valence-corrected chi connectivity index (χ4v) is 3.01. The number of amides is 1. The number of benzene rings is 1. The van der Waals surface area contributed by atoms with Gasteiger partial charge in [-0.15, -0.1) is 0 Å². The Morgan fingerprint density at radius 1 is 1.25 bits per heavy atom. The maximum atomic E-state index is 12.4. The third kappa shape index (κ3) is 4.13. The number of carbonyl (C=O) groups excluding carboxylic acids is 1. The first-order valence-electron chi connectivity index (χ1n) is 8.92. The Bertz CT molecular complexity index is 1040. The molecule has 0 spiro atoms. The largest absolute Gasteiger partial charge is 0.497 e. The number of nitrogens with one attached hydrogen (secondary N) is 2. The number of aromatic amines is 1. The van der Waals surface area contributed by atoms with Crippen molar-refractivity contribution in [1.29, 1.82) is 0 Å². The Morgan fingerprint density at radius 3 is 2.82 bits per heavy atom. The molecule has 0 aliphatic rings. The molecule has 9 nitrogen and oxygen atoms in total. The number of hydrogen-bond acceptors (Lipinski definition) is 6. The van der Waals surface area contributed by atoms with E-state index in [1.165, 1.54) is 10.8 Å². The van der Waals surface area contributed by atoms with E-state index in [1.807, 2.05) is 18.2 Å². The molecule has 1 amide bonds. The maximum Gasteiger partial charge on any atom is 0.277 e. The van der Waals surface area contributed by atoms with E-state index < -0.39 is 0 Å². The zero-order valence-electron chi connectivity index (χ0n) is 16.1. The molecule has 0 bridgehead atoms.